The smallest absolute Gasteiger partial charge is 0.390 e. The maximum Gasteiger partial charge on any atom is 1.00 e. The zero-order valence-electron chi connectivity index (χ0n) is 17.7. The van der Waals surface area contributed by atoms with Gasteiger partial charge in [-0.2, -0.15) is 13.7 Å². The van der Waals surface area contributed by atoms with Crippen LogP contribution in [0.5, 0.6) is 0 Å². The van der Waals surface area contributed by atoms with Crippen molar-refractivity contribution in [3.63, 3.8) is 0 Å². The third kappa shape index (κ3) is 6.73. The molecule has 11 nitrogen and oxygen atoms in total. The molecule has 0 saturated carbocycles. The van der Waals surface area contributed by atoms with Crippen LogP contribution in [0.1, 0.15) is 17.2 Å². The topological polar surface area (TPSA) is 179 Å². The van der Waals surface area contributed by atoms with Gasteiger partial charge in [0.05, 0.1) is 23.2 Å². The number of hydrogen-bond donors (Lipinski definition) is 3. The van der Waals surface area contributed by atoms with Crippen molar-refractivity contribution < 1.29 is 62.5 Å². The normalized spacial score (nSPS) is 14.9. The first-order valence-electron chi connectivity index (χ1n) is 9.07. The number of non-ortho nitro benzene ring substituents is 1. The van der Waals surface area contributed by atoms with E-state index in [0.29, 0.717) is 0 Å². The first-order valence-corrected chi connectivity index (χ1v) is 11.5. The third-order valence-electron chi connectivity index (χ3n) is 4.97. The number of rotatable bonds is 9. The summed E-state index contributed by atoms with van der Waals surface area (Å²) in [6, 6.07) is 9.53. The second-order valence-electron chi connectivity index (χ2n) is 6.92. The molecule has 0 aromatic heterocycles. The van der Waals surface area contributed by atoms with Gasteiger partial charge in [0.25, 0.3) is 5.69 Å². The maximum absolute atomic E-state index is 13.2. The molecule has 1 amide bonds. The molecule has 3 atom stereocenters. The molecule has 0 bridgehead atoms. The number of carbonyl (C=O) groups excluding carboxylic acids is 1. The molecular formula is C19H18Cl2N3NaO8S+2. The molecule has 2 aromatic carbocycles. The Morgan fingerprint density at radius 1 is 1.15 bits per heavy atom. The van der Waals surface area contributed by atoms with Crippen LogP contribution in [0.15, 0.2) is 48.5 Å². The molecule has 0 aliphatic heterocycles. The number of nitro groups is 1. The molecule has 2 aromatic rings. The molecule has 0 spiro atoms. The molecule has 2 rings (SSSR count). The van der Waals surface area contributed by atoms with E-state index in [1.165, 1.54) is 24.3 Å². The van der Waals surface area contributed by atoms with Crippen molar-refractivity contribution in [2.24, 2.45) is 0 Å². The number of quaternary nitrogens is 1. The number of amides is 1. The molecule has 1 unspecified atom stereocenters. The minimum Gasteiger partial charge on any atom is -0.390 e. The molecule has 15 heteroatoms. The first-order chi connectivity index (χ1) is 15.4. The number of nitrogens with zero attached hydrogens (tertiary/aromatic N) is 3. The van der Waals surface area contributed by atoms with E-state index in [1.54, 1.807) is 0 Å². The molecule has 176 valence electrons. The van der Waals surface area contributed by atoms with Crippen LogP contribution in [0.3, 0.4) is 0 Å². The molecule has 3 N–H and O–H groups in total. The monoisotopic (exact) mass is 541 g/mol. The van der Waals surface area contributed by atoms with Crippen molar-refractivity contribution in [3.05, 3.63) is 69.8 Å². The van der Waals surface area contributed by atoms with Crippen molar-refractivity contribution in [2.75, 3.05) is 12.5 Å². The number of nitriles is 1. The number of benzene rings is 2. The van der Waals surface area contributed by atoms with Crippen molar-refractivity contribution in [1.29, 1.82) is 5.26 Å². The Morgan fingerprint density at radius 2 is 1.68 bits per heavy atom. The van der Waals surface area contributed by atoms with Gasteiger partial charge in [0.2, 0.25) is 10.7 Å². The van der Waals surface area contributed by atoms with Crippen LogP contribution < -0.4 is 34.0 Å². The third-order valence-corrected chi connectivity index (χ3v) is 6.07. The Labute approximate surface area is 226 Å². The van der Waals surface area contributed by atoms with E-state index in [0.717, 1.165) is 24.3 Å². The number of aliphatic hydroxyl groups is 2. The summed E-state index contributed by atoms with van der Waals surface area (Å²) in [5.41, 5.74) is -0.293. The molecule has 0 aliphatic rings. The fourth-order valence-corrected chi connectivity index (χ4v) is 4.78. The largest absolute Gasteiger partial charge is 1.00 e. The van der Waals surface area contributed by atoms with Crippen LogP contribution in [0, 0.1) is 21.4 Å². The number of halogens is 2. The van der Waals surface area contributed by atoms with Crippen molar-refractivity contribution in [1.82, 2.24) is 4.48 Å². The molecule has 0 saturated heterocycles. The van der Waals surface area contributed by atoms with Crippen molar-refractivity contribution >= 4 is 50.6 Å². The summed E-state index contributed by atoms with van der Waals surface area (Å²) >= 11 is 11.6. The Morgan fingerprint density at radius 3 is 2.06 bits per heavy atom. The molecule has 0 radical (unpaired) electrons. The quantitative estimate of drug-likeness (QED) is 0.0900. The van der Waals surface area contributed by atoms with Gasteiger partial charge in [-0.15, -0.1) is 0 Å². The van der Waals surface area contributed by atoms with E-state index in [4.69, 9.17) is 28.5 Å². The predicted octanol–water partition coefficient (Wildman–Crippen LogP) is -0.952. The molecule has 34 heavy (non-hydrogen) atoms. The van der Waals surface area contributed by atoms with Gasteiger partial charge in [-0.25, -0.2) is 9.28 Å². The Bertz CT molecular complexity index is 1170. The van der Waals surface area contributed by atoms with Crippen LogP contribution in [0.4, 0.5) is 11.4 Å². The van der Waals surface area contributed by atoms with Crippen LogP contribution in [-0.2, 0) is 14.9 Å². The number of alkyl halides is 2. The van der Waals surface area contributed by atoms with E-state index < -0.39 is 54.9 Å². The van der Waals surface area contributed by atoms with Gasteiger partial charge in [-0.1, -0.05) is 23.2 Å². The van der Waals surface area contributed by atoms with Crippen LogP contribution >= 0.6 is 23.2 Å². The molecular weight excluding hydrogens is 524 g/mol. The van der Waals surface area contributed by atoms with E-state index in [9.17, 15) is 38.1 Å². The molecule has 0 aliphatic carbocycles. The average molecular weight is 542 g/mol. The zero-order chi connectivity index (χ0) is 25.0. The van der Waals surface area contributed by atoms with Gasteiger partial charge in [-0.05, 0) is 29.8 Å². The van der Waals surface area contributed by atoms with Crippen LogP contribution in [-0.4, -0.2) is 57.4 Å². The van der Waals surface area contributed by atoms with Crippen LogP contribution in [0.2, 0.25) is 0 Å². The number of aliphatic hydroxyl groups excluding tert-OH is 2. The maximum atomic E-state index is 13.2. The summed E-state index contributed by atoms with van der Waals surface area (Å²) in [5.74, 6) is -2.55. The second-order valence-corrected chi connectivity index (χ2v) is 9.44. The second kappa shape index (κ2) is 12.4. The predicted molar refractivity (Wildman–Crippen MR) is 119 cm³/mol. The van der Waals surface area contributed by atoms with E-state index in [1.807, 2.05) is 6.07 Å². The Balaban J connectivity index is 0.00000578. The first kappa shape index (κ1) is 30.4. The van der Waals surface area contributed by atoms with E-state index >= 15 is 0 Å². The number of nitro benzene ring substituents is 1. The number of carbonyl (C=O) groups is 1. The van der Waals surface area contributed by atoms with Crippen molar-refractivity contribution in [2.45, 2.75) is 17.0 Å². The number of hydrogen-bond acceptors (Lipinski definition) is 8. The SMILES string of the molecule is N#Cc1ccc([N+](CS(=O)(=O)O)(C(=O)C(Cl)Cl)[C@H](CO)[C@H](O)c2ccc([N+](=O)[O-])cc2)cc1.[Na+]. The average Bonchev–Trinajstić information content (AvgIpc) is 2.77. The Kier molecular flexibility index (Phi) is 11.1. The molecule has 0 fully saturated rings. The van der Waals surface area contributed by atoms with Crippen molar-refractivity contribution in [3.8, 4) is 6.07 Å². The summed E-state index contributed by atoms with van der Waals surface area (Å²) in [7, 11) is -4.96. The minimum absolute atomic E-state index is 0. The summed E-state index contributed by atoms with van der Waals surface area (Å²) in [6.07, 6.45) is -1.77. The van der Waals surface area contributed by atoms with Gasteiger partial charge in [0.1, 0.15) is 11.8 Å². The van der Waals surface area contributed by atoms with Gasteiger partial charge >= 0.3 is 45.6 Å². The summed E-state index contributed by atoms with van der Waals surface area (Å²) < 4.78 is 32.2. The fourth-order valence-electron chi connectivity index (χ4n) is 3.45. The van der Waals surface area contributed by atoms with Gasteiger partial charge in [-0.3, -0.25) is 14.7 Å². The standard InChI is InChI=1S/C19H17Cl2N3O8S.Na/c20-18(21)19(27)24(11-33(30,31)32,15-7-1-12(9-22)2-8-15)16(10-25)17(26)13-3-5-14(6-4-13)23(28)29;/h1-8,16-18,25-26H,10-11H2;/q;+1/p+1/t16-,17-,24?;/m1./s1. The summed E-state index contributed by atoms with van der Waals surface area (Å²) in [5, 5.41) is 41.1. The van der Waals surface area contributed by atoms with Gasteiger partial charge in [0.15, 0.2) is 6.04 Å². The molecule has 0 heterocycles. The van der Waals surface area contributed by atoms with E-state index in [2.05, 4.69) is 0 Å². The van der Waals surface area contributed by atoms with Gasteiger partial charge < -0.3 is 10.2 Å². The minimum atomic E-state index is -4.96. The fraction of sp³-hybridized carbons (Fsp3) is 0.263. The van der Waals surface area contributed by atoms with Crippen LogP contribution in [0.25, 0.3) is 0 Å². The summed E-state index contributed by atoms with van der Waals surface area (Å²) in [6.45, 7) is -1.00. The zero-order valence-corrected chi connectivity index (χ0v) is 22.0. The summed E-state index contributed by atoms with van der Waals surface area (Å²) in [4.78, 5) is 21.6. The van der Waals surface area contributed by atoms with E-state index in [-0.39, 0.29) is 52.1 Å². The Hall–Kier alpha value is -1.63. The van der Waals surface area contributed by atoms with Gasteiger partial charge in [0, 0.05) is 24.3 Å².